The van der Waals surface area contributed by atoms with E-state index < -0.39 is 11.7 Å². The number of carbonyl (C=O) groups excluding carboxylic acids is 1. The summed E-state index contributed by atoms with van der Waals surface area (Å²) in [5, 5.41) is 0. The molecule has 0 aliphatic heterocycles. The van der Waals surface area contributed by atoms with Crippen LogP contribution in [0.4, 0.5) is 13.2 Å². The molecule has 4 heteroatoms. The van der Waals surface area contributed by atoms with Crippen molar-refractivity contribution in [1.82, 2.24) is 0 Å². The molecule has 1 rings (SSSR count). The Bertz CT molecular complexity index is 338. The lowest BCUT2D eigenvalue weighted by atomic mass is 10.1. The lowest BCUT2D eigenvalue weighted by Crippen LogP contribution is -2.12. The van der Waals surface area contributed by atoms with Crippen LogP contribution in [0, 0.1) is 0 Å². The summed E-state index contributed by atoms with van der Waals surface area (Å²) in [6, 6.07) is 7.80. The van der Waals surface area contributed by atoms with Gasteiger partial charge in [-0.15, -0.1) is 0 Å². The van der Waals surface area contributed by atoms with E-state index in [9.17, 15) is 18.0 Å². The first-order valence-electron chi connectivity index (χ1n) is 3.76. The summed E-state index contributed by atoms with van der Waals surface area (Å²) in [6.07, 6.45) is -3.01. The van der Waals surface area contributed by atoms with Gasteiger partial charge in [-0.2, -0.15) is 13.2 Å². The van der Waals surface area contributed by atoms with Crippen molar-refractivity contribution in [2.24, 2.45) is 0 Å². The molecule has 0 amide bonds. The van der Waals surface area contributed by atoms with E-state index in [0.29, 0.717) is 5.56 Å². The molecule has 0 atom stereocenters. The fourth-order valence-electron chi connectivity index (χ4n) is 0.885. The van der Waals surface area contributed by atoms with Crippen LogP contribution in [0.25, 0.3) is 6.08 Å². The molecule has 0 aromatic heterocycles. The molecule has 1 radical (unpaired) electrons. The second-order valence-electron chi connectivity index (χ2n) is 2.57. The number of hydrogen-bond donors (Lipinski definition) is 0. The first-order chi connectivity index (χ1) is 6.54. The molecule has 1 aromatic carbocycles. The van der Waals surface area contributed by atoms with Gasteiger partial charge in [-0.05, 0) is 11.6 Å². The standard InChI is InChI=1S/C10H6F3O/c11-10(12,13)9(7-14)6-8-4-2-1-3-5-8/h1-6H. The van der Waals surface area contributed by atoms with Gasteiger partial charge < -0.3 is 0 Å². The molecule has 73 valence electrons. The van der Waals surface area contributed by atoms with Crippen LogP contribution in [0.3, 0.4) is 0 Å². The van der Waals surface area contributed by atoms with Crippen molar-refractivity contribution in [3.8, 4) is 0 Å². The Balaban J connectivity index is 3.02. The number of alkyl halides is 3. The van der Waals surface area contributed by atoms with E-state index in [-0.39, 0.29) is 0 Å². The zero-order valence-electron chi connectivity index (χ0n) is 7.01. The Morgan fingerprint density at radius 3 is 2.21 bits per heavy atom. The van der Waals surface area contributed by atoms with E-state index in [1.165, 1.54) is 12.1 Å². The van der Waals surface area contributed by atoms with Crippen molar-refractivity contribution in [3.05, 3.63) is 41.5 Å². The van der Waals surface area contributed by atoms with Gasteiger partial charge in [0.2, 0.25) is 6.29 Å². The molecular formula is C10H6F3O. The predicted molar refractivity (Wildman–Crippen MR) is 46.2 cm³/mol. The summed E-state index contributed by atoms with van der Waals surface area (Å²) in [5.41, 5.74) is -0.980. The third kappa shape index (κ3) is 2.73. The minimum Gasteiger partial charge on any atom is -0.285 e. The molecule has 0 aliphatic rings. The number of benzene rings is 1. The SMILES string of the molecule is O=[C]C(=Cc1ccccc1)C(F)(F)F. The molecule has 1 nitrogen and oxygen atoms in total. The largest absolute Gasteiger partial charge is 0.420 e. The zero-order chi connectivity index (χ0) is 10.6. The van der Waals surface area contributed by atoms with Crippen molar-refractivity contribution >= 4 is 12.4 Å². The molecule has 0 unspecified atom stereocenters. The monoisotopic (exact) mass is 199 g/mol. The van der Waals surface area contributed by atoms with Crippen molar-refractivity contribution < 1.29 is 18.0 Å². The first kappa shape index (κ1) is 10.5. The van der Waals surface area contributed by atoms with Gasteiger partial charge in [-0.1, -0.05) is 30.3 Å². The quantitative estimate of drug-likeness (QED) is 0.669. The van der Waals surface area contributed by atoms with Crippen molar-refractivity contribution in [1.29, 1.82) is 0 Å². The summed E-state index contributed by atoms with van der Waals surface area (Å²) in [4.78, 5) is 10.0. The van der Waals surface area contributed by atoms with Gasteiger partial charge in [0.15, 0.2) is 0 Å². The first-order valence-corrected chi connectivity index (χ1v) is 3.76. The van der Waals surface area contributed by atoms with Gasteiger partial charge in [0, 0.05) is 0 Å². The summed E-state index contributed by atoms with van der Waals surface area (Å²) in [7, 11) is 0. The molecule has 0 spiro atoms. The van der Waals surface area contributed by atoms with E-state index in [4.69, 9.17) is 0 Å². The second kappa shape index (κ2) is 4.09. The maximum atomic E-state index is 12.1. The second-order valence-corrected chi connectivity index (χ2v) is 2.57. The molecule has 0 heterocycles. The van der Waals surface area contributed by atoms with Crippen LogP contribution in [-0.2, 0) is 4.79 Å². The van der Waals surface area contributed by atoms with Crippen LogP contribution in [0.1, 0.15) is 5.56 Å². The lowest BCUT2D eigenvalue weighted by Gasteiger charge is -2.03. The fraction of sp³-hybridized carbons (Fsp3) is 0.100. The normalized spacial score (nSPS) is 12.6. The van der Waals surface area contributed by atoms with Crippen LogP contribution in [0.2, 0.25) is 0 Å². The molecule has 0 aliphatic carbocycles. The highest BCUT2D eigenvalue weighted by Crippen LogP contribution is 2.25. The van der Waals surface area contributed by atoms with E-state index in [2.05, 4.69) is 0 Å². The van der Waals surface area contributed by atoms with E-state index in [0.717, 1.165) is 12.4 Å². The van der Waals surface area contributed by atoms with Crippen molar-refractivity contribution in [3.63, 3.8) is 0 Å². The average Bonchev–Trinajstić information content (AvgIpc) is 2.14. The number of hydrogen-bond acceptors (Lipinski definition) is 1. The summed E-state index contributed by atoms with van der Waals surface area (Å²) in [6.45, 7) is 0. The number of rotatable bonds is 2. The average molecular weight is 199 g/mol. The summed E-state index contributed by atoms with van der Waals surface area (Å²) >= 11 is 0. The van der Waals surface area contributed by atoms with Crippen LogP contribution in [0.5, 0.6) is 0 Å². The van der Waals surface area contributed by atoms with Gasteiger partial charge in [-0.25, -0.2) is 0 Å². The minimum atomic E-state index is -4.64. The highest BCUT2D eigenvalue weighted by Gasteiger charge is 2.33. The highest BCUT2D eigenvalue weighted by molar-refractivity contribution is 5.83. The minimum absolute atomic E-state index is 0.322. The van der Waals surface area contributed by atoms with E-state index in [1.807, 2.05) is 0 Å². The summed E-state index contributed by atoms with van der Waals surface area (Å²) < 4.78 is 36.2. The fourth-order valence-corrected chi connectivity index (χ4v) is 0.885. The zero-order valence-corrected chi connectivity index (χ0v) is 7.01. The predicted octanol–water partition coefficient (Wildman–Crippen LogP) is 2.74. The molecule has 14 heavy (non-hydrogen) atoms. The molecule has 1 aromatic rings. The maximum absolute atomic E-state index is 12.1. The maximum Gasteiger partial charge on any atom is 0.420 e. The van der Waals surface area contributed by atoms with Gasteiger partial charge in [-0.3, -0.25) is 4.79 Å². The highest BCUT2D eigenvalue weighted by atomic mass is 19.4. The molecule has 0 N–H and O–H groups in total. The Morgan fingerprint density at radius 1 is 1.21 bits per heavy atom. The molecular weight excluding hydrogens is 193 g/mol. The number of allylic oxidation sites excluding steroid dienone is 1. The topological polar surface area (TPSA) is 17.1 Å². The van der Waals surface area contributed by atoms with Gasteiger partial charge in [0.25, 0.3) is 0 Å². The van der Waals surface area contributed by atoms with Gasteiger partial charge >= 0.3 is 6.18 Å². The van der Waals surface area contributed by atoms with Crippen molar-refractivity contribution in [2.45, 2.75) is 6.18 Å². The number of halogens is 3. The molecule has 0 saturated carbocycles. The third-order valence-corrected chi connectivity index (χ3v) is 1.53. The van der Waals surface area contributed by atoms with Crippen LogP contribution in [0.15, 0.2) is 35.9 Å². The van der Waals surface area contributed by atoms with Crippen LogP contribution in [-0.4, -0.2) is 12.5 Å². The molecule has 0 saturated heterocycles. The Morgan fingerprint density at radius 2 is 1.79 bits per heavy atom. The lowest BCUT2D eigenvalue weighted by molar-refractivity contribution is -0.0852. The van der Waals surface area contributed by atoms with Gasteiger partial charge in [0.05, 0.1) is 0 Å². The summed E-state index contributed by atoms with van der Waals surface area (Å²) in [5.74, 6) is 0. The van der Waals surface area contributed by atoms with Crippen LogP contribution < -0.4 is 0 Å². The molecule has 0 bridgehead atoms. The molecule has 0 fully saturated rings. The Kier molecular flexibility index (Phi) is 3.06. The van der Waals surface area contributed by atoms with Gasteiger partial charge in [0.1, 0.15) is 5.57 Å². The van der Waals surface area contributed by atoms with Crippen molar-refractivity contribution in [2.75, 3.05) is 0 Å². The van der Waals surface area contributed by atoms with Crippen LogP contribution >= 0.6 is 0 Å². The Hall–Kier alpha value is -1.58. The Labute approximate surface area is 78.9 Å². The third-order valence-electron chi connectivity index (χ3n) is 1.53. The smallest absolute Gasteiger partial charge is 0.285 e. The van der Waals surface area contributed by atoms with E-state index >= 15 is 0 Å². The van der Waals surface area contributed by atoms with E-state index in [1.54, 1.807) is 18.2 Å².